The molecule has 1 heteroatoms. The SMILES string of the molecule is CC1CC(C)CC(C(C)C(C)NC2CC2)C1. The quantitative estimate of drug-likeness (QED) is 0.763. The van der Waals surface area contributed by atoms with Crippen molar-refractivity contribution < 1.29 is 0 Å². The summed E-state index contributed by atoms with van der Waals surface area (Å²) < 4.78 is 0. The first-order valence-corrected chi connectivity index (χ1v) is 7.32. The minimum atomic E-state index is 0.718. The van der Waals surface area contributed by atoms with Crippen molar-refractivity contribution in [2.75, 3.05) is 0 Å². The fourth-order valence-electron chi connectivity index (χ4n) is 3.62. The number of hydrogen-bond donors (Lipinski definition) is 1. The average Bonchev–Trinajstić information content (AvgIpc) is 2.99. The van der Waals surface area contributed by atoms with Gasteiger partial charge in [0.1, 0.15) is 0 Å². The zero-order valence-electron chi connectivity index (χ0n) is 11.5. The Morgan fingerprint density at radius 3 is 2.00 bits per heavy atom. The van der Waals surface area contributed by atoms with Gasteiger partial charge in [-0.1, -0.05) is 20.8 Å². The highest BCUT2D eigenvalue weighted by molar-refractivity contribution is 4.88. The second-order valence-electron chi connectivity index (χ2n) is 6.77. The van der Waals surface area contributed by atoms with Gasteiger partial charge >= 0.3 is 0 Å². The molecule has 0 amide bonds. The van der Waals surface area contributed by atoms with Crippen molar-refractivity contribution in [1.29, 1.82) is 0 Å². The van der Waals surface area contributed by atoms with E-state index in [1.54, 1.807) is 0 Å². The molecule has 0 aromatic rings. The van der Waals surface area contributed by atoms with E-state index in [0.717, 1.165) is 35.8 Å². The number of rotatable bonds is 4. The highest BCUT2D eigenvalue weighted by Gasteiger charge is 2.32. The highest BCUT2D eigenvalue weighted by atomic mass is 15.0. The van der Waals surface area contributed by atoms with Gasteiger partial charge in [0.15, 0.2) is 0 Å². The summed E-state index contributed by atoms with van der Waals surface area (Å²) in [6.45, 7) is 9.74. The molecule has 1 N–H and O–H groups in total. The molecule has 94 valence electrons. The van der Waals surface area contributed by atoms with E-state index in [9.17, 15) is 0 Å². The van der Waals surface area contributed by atoms with Crippen LogP contribution in [0.15, 0.2) is 0 Å². The minimum Gasteiger partial charge on any atom is -0.311 e. The van der Waals surface area contributed by atoms with Crippen LogP contribution in [0.3, 0.4) is 0 Å². The Balaban J connectivity index is 1.84. The summed E-state index contributed by atoms with van der Waals surface area (Å²) in [7, 11) is 0. The predicted molar refractivity (Wildman–Crippen MR) is 70.5 cm³/mol. The van der Waals surface area contributed by atoms with E-state index in [1.807, 2.05) is 0 Å². The second-order valence-corrected chi connectivity index (χ2v) is 6.77. The van der Waals surface area contributed by atoms with Crippen molar-refractivity contribution in [3.8, 4) is 0 Å². The van der Waals surface area contributed by atoms with Crippen molar-refractivity contribution >= 4 is 0 Å². The van der Waals surface area contributed by atoms with E-state index in [4.69, 9.17) is 0 Å². The summed E-state index contributed by atoms with van der Waals surface area (Å²) in [6, 6.07) is 1.57. The molecule has 2 aliphatic rings. The van der Waals surface area contributed by atoms with Crippen LogP contribution in [0.25, 0.3) is 0 Å². The maximum atomic E-state index is 3.78. The van der Waals surface area contributed by atoms with Gasteiger partial charge in [0.05, 0.1) is 0 Å². The molecule has 0 saturated heterocycles. The van der Waals surface area contributed by atoms with Crippen LogP contribution >= 0.6 is 0 Å². The first-order valence-electron chi connectivity index (χ1n) is 7.32. The Kier molecular flexibility index (Phi) is 3.94. The van der Waals surface area contributed by atoms with Crippen LogP contribution in [-0.2, 0) is 0 Å². The maximum Gasteiger partial charge on any atom is 0.00708 e. The Hall–Kier alpha value is -0.0400. The molecule has 0 aromatic carbocycles. The average molecular weight is 223 g/mol. The van der Waals surface area contributed by atoms with Gasteiger partial charge in [-0.3, -0.25) is 0 Å². The van der Waals surface area contributed by atoms with Gasteiger partial charge in [0, 0.05) is 12.1 Å². The lowest BCUT2D eigenvalue weighted by molar-refractivity contribution is 0.146. The molecule has 2 aliphatic carbocycles. The van der Waals surface area contributed by atoms with Crippen LogP contribution in [0.4, 0.5) is 0 Å². The zero-order valence-corrected chi connectivity index (χ0v) is 11.5. The first-order chi connectivity index (χ1) is 7.56. The molecule has 0 aromatic heterocycles. The number of hydrogen-bond acceptors (Lipinski definition) is 1. The molecule has 1 nitrogen and oxygen atoms in total. The van der Waals surface area contributed by atoms with Crippen molar-refractivity contribution in [3.05, 3.63) is 0 Å². The Bertz CT molecular complexity index is 211. The van der Waals surface area contributed by atoms with E-state index < -0.39 is 0 Å². The molecule has 2 fully saturated rings. The molecule has 16 heavy (non-hydrogen) atoms. The summed E-state index contributed by atoms with van der Waals surface area (Å²) in [5, 5.41) is 3.78. The van der Waals surface area contributed by atoms with E-state index >= 15 is 0 Å². The third-order valence-corrected chi connectivity index (χ3v) is 4.82. The molecule has 2 saturated carbocycles. The van der Waals surface area contributed by atoms with E-state index in [-0.39, 0.29) is 0 Å². The molecule has 0 heterocycles. The molecular formula is C15H29N. The van der Waals surface area contributed by atoms with Crippen LogP contribution in [0, 0.1) is 23.7 Å². The minimum absolute atomic E-state index is 0.718. The largest absolute Gasteiger partial charge is 0.311 e. The molecule has 4 atom stereocenters. The lowest BCUT2D eigenvalue weighted by Gasteiger charge is -2.37. The van der Waals surface area contributed by atoms with Crippen molar-refractivity contribution in [3.63, 3.8) is 0 Å². The number of nitrogens with one attached hydrogen (secondary N) is 1. The first kappa shape index (κ1) is 12.4. The topological polar surface area (TPSA) is 12.0 Å². The standard InChI is InChI=1S/C15H29N/c1-10-7-11(2)9-14(8-10)12(3)13(4)16-15-5-6-15/h10-16H,5-9H2,1-4H3. The van der Waals surface area contributed by atoms with Gasteiger partial charge in [-0.25, -0.2) is 0 Å². The predicted octanol–water partition coefficient (Wildman–Crippen LogP) is 3.84. The highest BCUT2D eigenvalue weighted by Crippen LogP contribution is 2.38. The van der Waals surface area contributed by atoms with Gasteiger partial charge < -0.3 is 5.32 Å². The summed E-state index contributed by atoms with van der Waals surface area (Å²) in [5.74, 6) is 3.71. The van der Waals surface area contributed by atoms with Gasteiger partial charge in [-0.2, -0.15) is 0 Å². The van der Waals surface area contributed by atoms with Crippen LogP contribution in [0.5, 0.6) is 0 Å². The summed E-state index contributed by atoms with van der Waals surface area (Å²) >= 11 is 0. The Labute approximate surface area is 101 Å². The van der Waals surface area contributed by atoms with E-state index in [1.165, 1.54) is 32.1 Å². The van der Waals surface area contributed by atoms with E-state index in [2.05, 4.69) is 33.0 Å². The monoisotopic (exact) mass is 223 g/mol. The molecule has 4 unspecified atom stereocenters. The van der Waals surface area contributed by atoms with Gasteiger partial charge in [0.25, 0.3) is 0 Å². The van der Waals surface area contributed by atoms with Crippen LogP contribution in [0.1, 0.15) is 59.8 Å². The van der Waals surface area contributed by atoms with Gasteiger partial charge in [0.2, 0.25) is 0 Å². The van der Waals surface area contributed by atoms with Crippen LogP contribution in [0.2, 0.25) is 0 Å². The van der Waals surface area contributed by atoms with Crippen LogP contribution < -0.4 is 5.32 Å². The summed E-state index contributed by atoms with van der Waals surface area (Å²) in [6.07, 6.45) is 7.20. The summed E-state index contributed by atoms with van der Waals surface area (Å²) in [4.78, 5) is 0. The third kappa shape index (κ3) is 3.23. The summed E-state index contributed by atoms with van der Waals surface area (Å²) in [5.41, 5.74) is 0. The third-order valence-electron chi connectivity index (χ3n) is 4.82. The second kappa shape index (κ2) is 5.08. The Morgan fingerprint density at radius 1 is 0.938 bits per heavy atom. The fraction of sp³-hybridized carbons (Fsp3) is 1.00. The van der Waals surface area contributed by atoms with Gasteiger partial charge in [-0.15, -0.1) is 0 Å². The van der Waals surface area contributed by atoms with Crippen LogP contribution in [-0.4, -0.2) is 12.1 Å². The Morgan fingerprint density at radius 2 is 1.50 bits per heavy atom. The lowest BCUT2D eigenvalue weighted by atomic mass is 9.70. The zero-order chi connectivity index (χ0) is 11.7. The maximum absolute atomic E-state index is 3.78. The van der Waals surface area contributed by atoms with Crippen molar-refractivity contribution in [2.45, 2.75) is 71.9 Å². The van der Waals surface area contributed by atoms with Crippen molar-refractivity contribution in [1.82, 2.24) is 5.32 Å². The fourth-order valence-corrected chi connectivity index (χ4v) is 3.62. The molecule has 0 bridgehead atoms. The molecule has 2 rings (SSSR count). The lowest BCUT2D eigenvalue weighted by Crippen LogP contribution is -2.39. The smallest absolute Gasteiger partial charge is 0.00708 e. The van der Waals surface area contributed by atoms with E-state index in [0.29, 0.717) is 0 Å². The van der Waals surface area contributed by atoms with Gasteiger partial charge in [-0.05, 0) is 62.7 Å². The molecular weight excluding hydrogens is 194 g/mol. The normalized spacial score (nSPS) is 39.4. The molecule has 0 radical (unpaired) electrons. The molecule has 0 aliphatic heterocycles. The molecule has 0 spiro atoms. The van der Waals surface area contributed by atoms with Crippen molar-refractivity contribution in [2.24, 2.45) is 23.7 Å².